The van der Waals surface area contributed by atoms with Gasteiger partial charge in [-0.05, 0) is 36.5 Å². The molecule has 8 nitrogen and oxygen atoms in total. The molecular weight excluding hydrogens is 413 g/mol. The molecule has 4 rings (SSSR count). The van der Waals surface area contributed by atoms with Crippen molar-refractivity contribution in [2.45, 2.75) is 19.3 Å². The van der Waals surface area contributed by atoms with E-state index in [9.17, 15) is 18.8 Å². The second-order valence-corrected chi connectivity index (χ2v) is 8.07. The molecule has 0 unspecified atom stereocenters. The van der Waals surface area contributed by atoms with E-state index in [0.29, 0.717) is 31.4 Å². The van der Waals surface area contributed by atoms with Crippen LogP contribution >= 0.6 is 0 Å². The fraction of sp³-hybridized carbons (Fsp3) is 0.304. The first-order valence-electron chi connectivity index (χ1n) is 10.4. The molecule has 2 aromatic carbocycles. The molecule has 1 aromatic heterocycles. The smallest absolute Gasteiger partial charge is 0.341 e. The van der Waals surface area contributed by atoms with Crippen LogP contribution in [0.15, 0.2) is 53.3 Å². The van der Waals surface area contributed by atoms with Crippen LogP contribution < -0.4 is 11.0 Å². The van der Waals surface area contributed by atoms with Crippen molar-refractivity contribution >= 4 is 11.8 Å². The van der Waals surface area contributed by atoms with Gasteiger partial charge in [0.25, 0.3) is 5.91 Å². The van der Waals surface area contributed by atoms with Gasteiger partial charge in [-0.2, -0.15) is 0 Å². The molecule has 3 aromatic rings. The number of H-pyrrole nitrogens is 2. The summed E-state index contributed by atoms with van der Waals surface area (Å²) >= 11 is 0. The number of rotatable bonds is 5. The molecule has 32 heavy (non-hydrogen) atoms. The molecule has 1 saturated heterocycles. The minimum atomic E-state index is -0.821. The maximum absolute atomic E-state index is 14.1. The van der Waals surface area contributed by atoms with Crippen molar-refractivity contribution in [1.82, 2.24) is 25.4 Å². The van der Waals surface area contributed by atoms with E-state index in [2.05, 4.69) is 20.5 Å². The highest BCUT2D eigenvalue weighted by molar-refractivity contribution is 5.91. The van der Waals surface area contributed by atoms with E-state index in [1.807, 2.05) is 24.3 Å². The van der Waals surface area contributed by atoms with Gasteiger partial charge in [-0.25, -0.2) is 14.3 Å². The second-order valence-electron chi connectivity index (χ2n) is 8.07. The predicted octanol–water partition coefficient (Wildman–Crippen LogP) is 2.12. The van der Waals surface area contributed by atoms with Crippen molar-refractivity contribution < 1.29 is 14.0 Å². The number of aromatic nitrogens is 3. The Morgan fingerprint density at radius 1 is 1.19 bits per heavy atom. The third-order valence-electron chi connectivity index (χ3n) is 5.96. The standard InChI is InChI=1S/C23H24FN5O3/c1-25-21(31)23(11-4-12-29(14-23)20(30)19-26-22(32)28-27-19)13-15-7-9-16(10-8-15)17-5-2-3-6-18(17)24/h2-3,5-10H,4,11-14H2,1H3,(H,25,31)(H2,26,27,28,32)/t23-/m1/s1. The number of carbonyl (C=O) groups is 2. The molecule has 0 spiro atoms. The van der Waals surface area contributed by atoms with E-state index < -0.39 is 17.0 Å². The summed E-state index contributed by atoms with van der Waals surface area (Å²) in [6.07, 6.45) is 1.68. The number of piperidine rings is 1. The number of benzene rings is 2. The van der Waals surface area contributed by atoms with E-state index in [1.165, 1.54) is 6.07 Å². The average Bonchev–Trinajstić information content (AvgIpc) is 3.25. The monoisotopic (exact) mass is 437 g/mol. The van der Waals surface area contributed by atoms with E-state index in [0.717, 1.165) is 11.1 Å². The fourth-order valence-corrected chi connectivity index (χ4v) is 4.39. The molecular formula is C23H24FN5O3. The maximum atomic E-state index is 14.1. The topological polar surface area (TPSA) is 111 Å². The summed E-state index contributed by atoms with van der Waals surface area (Å²) in [5.41, 5.74) is 0.805. The zero-order valence-corrected chi connectivity index (χ0v) is 17.7. The lowest BCUT2D eigenvalue weighted by Gasteiger charge is -2.41. The minimum absolute atomic E-state index is 0.0723. The summed E-state index contributed by atoms with van der Waals surface area (Å²) in [5.74, 6) is -0.938. The quantitative estimate of drug-likeness (QED) is 0.568. The summed E-state index contributed by atoms with van der Waals surface area (Å²) in [5, 5.41) is 8.65. The summed E-state index contributed by atoms with van der Waals surface area (Å²) in [4.78, 5) is 41.0. The zero-order valence-electron chi connectivity index (χ0n) is 17.7. The number of likely N-dealkylation sites (tertiary alicyclic amines) is 1. The van der Waals surface area contributed by atoms with Crippen molar-refractivity contribution in [3.63, 3.8) is 0 Å². The highest BCUT2D eigenvalue weighted by Crippen LogP contribution is 2.35. The van der Waals surface area contributed by atoms with Crippen LogP contribution in [0.5, 0.6) is 0 Å². The molecule has 9 heteroatoms. The van der Waals surface area contributed by atoms with Crippen molar-refractivity contribution in [2.75, 3.05) is 20.1 Å². The van der Waals surface area contributed by atoms with Crippen LogP contribution in [-0.4, -0.2) is 52.0 Å². The molecule has 0 radical (unpaired) electrons. The van der Waals surface area contributed by atoms with E-state index in [4.69, 9.17) is 0 Å². The lowest BCUT2D eigenvalue weighted by Crippen LogP contribution is -2.54. The van der Waals surface area contributed by atoms with Crippen LogP contribution in [-0.2, 0) is 11.2 Å². The maximum Gasteiger partial charge on any atom is 0.341 e. The van der Waals surface area contributed by atoms with Gasteiger partial charge in [0.05, 0.1) is 5.41 Å². The average molecular weight is 437 g/mol. The summed E-state index contributed by atoms with van der Waals surface area (Å²) < 4.78 is 14.1. The number of amides is 2. The molecule has 1 aliphatic heterocycles. The molecule has 0 saturated carbocycles. The third-order valence-corrected chi connectivity index (χ3v) is 5.96. The summed E-state index contributed by atoms with van der Waals surface area (Å²) in [6.45, 7) is 0.675. The highest BCUT2D eigenvalue weighted by Gasteiger charge is 2.43. The number of halogens is 1. The first kappa shape index (κ1) is 21.5. The Bertz CT molecular complexity index is 1190. The van der Waals surface area contributed by atoms with Gasteiger partial charge in [0.15, 0.2) is 0 Å². The van der Waals surface area contributed by atoms with E-state index in [-0.39, 0.29) is 24.1 Å². The van der Waals surface area contributed by atoms with Crippen molar-refractivity contribution in [3.05, 3.63) is 76.2 Å². The zero-order chi connectivity index (χ0) is 22.7. The number of nitrogens with one attached hydrogen (secondary N) is 3. The Balaban J connectivity index is 1.58. The lowest BCUT2D eigenvalue weighted by atomic mass is 9.74. The van der Waals surface area contributed by atoms with Gasteiger partial charge in [0, 0.05) is 25.7 Å². The van der Waals surface area contributed by atoms with Crippen molar-refractivity contribution in [1.29, 1.82) is 0 Å². The molecule has 1 atom stereocenters. The summed E-state index contributed by atoms with van der Waals surface area (Å²) in [6, 6.07) is 14.0. The third kappa shape index (κ3) is 4.18. The van der Waals surface area contributed by atoms with Gasteiger partial charge in [0.1, 0.15) is 5.82 Å². The number of nitrogens with zero attached hydrogens (tertiary/aromatic N) is 2. The van der Waals surface area contributed by atoms with Crippen LogP contribution in [0.4, 0.5) is 4.39 Å². The van der Waals surface area contributed by atoms with Crippen molar-refractivity contribution in [2.24, 2.45) is 5.41 Å². The predicted molar refractivity (Wildman–Crippen MR) is 116 cm³/mol. The van der Waals surface area contributed by atoms with Crippen LogP contribution in [0, 0.1) is 11.2 Å². The Labute approximate surface area is 183 Å². The largest absolute Gasteiger partial charge is 0.359 e. The molecule has 0 bridgehead atoms. The SMILES string of the molecule is CNC(=O)[C@@]1(Cc2ccc(-c3ccccc3F)cc2)CCCN(C(=O)c2n[nH]c(=O)[nH]2)C1. The number of hydrogen-bond acceptors (Lipinski definition) is 4. The molecule has 1 fully saturated rings. The van der Waals surface area contributed by atoms with Gasteiger partial charge in [-0.1, -0.05) is 42.5 Å². The molecule has 1 aliphatic rings. The Kier molecular flexibility index (Phi) is 5.89. The molecule has 0 aliphatic carbocycles. The van der Waals surface area contributed by atoms with E-state index >= 15 is 0 Å². The van der Waals surface area contributed by atoms with Gasteiger partial charge in [-0.3, -0.25) is 14.6 Å². The molecule has 3 N–H and O–H groups in total. The van der Waals surface area contributed by atoms with Gasteiger partial charge < -0.3 is 10.2 Å². The minimum Gasteiger partial charge on any atom is -0.359 e. The second kappa shape index (κ2) is 8.78. The Morgan fingerprint density at radius 2 is 1.94 bits per heavy atom. The lowest BCUT2D eigenvalue weighted by molar-refractivity contribution is -0.133. The van der Waals surface area contributed by atoms with Crippen LogP contribution in [0.3, 0.4) is 0 Å². The van der Waals surface area contributed by atoms with Crippen LogP contribution in [0.1, 0.15) is 29.0 Å². The number of hydrogen-bond donors (Lipinski definition) is 3. The first-order chi connectivity index (χ1) is 15.4. The van der Waals surface area contributed by atoms with E-state index in [1.54, 1.807) is 30.1 Å². The van der Waals surface area contributed by atoms with Crippen molar-refractivity contribution in [3.8, 4) is 11.1 Å². The summed E-state index contributed by atoms with van der Waals surface area (Å²) in [7, 11) is 1.58. The Morgan fingerprint density at radius 3 is 2.59 bits per heavy atom. The van der Waals surface area contributed by atoms with Gasteiger partial charge in [-0.15, -0.1) is 5.10 Å². The number of carbonyl (C=O) groups excluding carboxylic acids is 2. The molecule has 166 valence electrons. The normalized spacial score (nSPS) is 18.4. The van der Waals surface area contributed by atoms with Gasteiger partial charge >= 0.3 is 5.69 Å². The molecule has 2 heterocycles. The highest BCUT2D eigenvalue weighted by atomic mass is 19.1. The Hall–Kier alpha value is -3.75. The number of aromatic amines is 2. The van der Waals surface area contributed by atoms with Gasteiger partial charge in [0.2, 0.25) is 11.7 Å². The van der Waals surface area contributed by atoms with Crippen LogP contribution in [0.2, 0.25) is 0 Å². The first-order valence-corrected chi connectivity index (χ1v) is 10.4. The van der Waals surface area contributed by atoms with Crippen LogP contribution in [0.25, 0.3) is 11.1 Å². The fourth-order valence-electron chi connectivity index (χ4n) is 4.39. The molecule has 2 amide bonds.